The number of hydrogen-bond donors (Lipinski definition) is 2. The Balaban J connectivity index is 1.65. The first-order valence-electron chi connectivity index (χ1n) is 8.72. The van der Waals surface area contributed by atoms with E-state index in [4.69, 9.17) is 0 Å². The average Bonchev–Trinajstić information content (AvgIpc) is 2.66. The summed E-state index contributed by atoms with van der Waals surface area (Å²) in [6.07, 6.45) is 0. The van der Waals surface area contributed by atoms with Gasteiger partial charge in [0, 0.05) is 52.6 Å². The van der Waals surface area contributed by atoms with Crippen LogP contribution in [0.15, 0.2) is 70.6 Å². The van der Waals surface area contributed by atoms with E-state index in [1.807, 2.05) is 48.2 Å². The number of thioether (sulfide) groups is 1. The van der Waals surface area contributed by atoms with Crippen LogP contribution in [0.3, 0.4) is 0 Å². The van der Waals surface area contributed by atoms with E-state index in [1.54, 1.807) is 7.05 Å². The molecule has 2 N–H and O–H groups in total. The Kier molecular flexibility index (Phi) is 9.28. The van der Waals surface area contributed by atoms with Crippen LogP contribution in [0.4, 0.5) is 0 Å². The van der Waals surface area contributed by atoms with E-state index in [9.17, 15) is 4.21 Å². The molecule has 0 heterocycles. The van der Waals surface area contributed by atoms with Crippen molar-refractivity contribution >= 4 is 28.5 Å². The number of nitrogens with zero attached hydrogens (tertiary/aromatic N) is 1. The highest BCUT2D eigenvalue weighted by atomic mass is 32.2. The molecule has 0 aromatic heterocycles. The maximum atomic E-state index is 12.2. The van der Waals surface area contributed by atoms with Gasteiger partial charge in [0.15, 0.2) is 5.96 Å². The van der Waals surface area contributed by atoms with Gasteiger partial charge in [-0.2, -0.15) is 0 Å². The molecule has 6 heteroatoms. The minimum atomic E-state index is -0.878. The predicted octanol–water partition coefficient (Wildman–Crippen LogP) is 3.28. The summed E-state index contributed by atoms with van der Waals surface area (Å²) in [6, 6.07) is 20.3. The molecule has 0 aliphatic heterocycles. The molecule has 2 atom stereocenters. The van der Waals surface area contributed by atoms with Crippen molar-refractivity contribution in [1.29, 1.82) is 0 Å². The van der Waals surface area contributed by atoms with Gasteiger partial charge in [-0.05, 0) is 17.7 Å². The highest BCUT2D eigenvalue weighted by molar-refractivity contribution is 8.00. The van der Waals surface area contributed by atoms with Crippen molar-refractivity contribution in [3.8, 4) is 0 Å². The molecule has 0 aliphatic carbocycles. The van der Waals surface area contributed by atoms with Crippen molar-refractivity contribution < 1.29 is 4.21 Å². The van der Waals surface area contributed by atoms with E-state index in [1.165, 1.54) is 4.90 Å². The molecule has 2 aromatic carbocycles. The van der Waals surface area contributed by atoms with E-state index in [2.05, 4.69) is 46.8 Å². The fraction of sp³-hybridized carbons (Fsp3) is 0.350. The van der Waals surface area contributed by atoms with Crippen LogP contribution in [0.1, 0.15) is 12.5 Å². The van der Waals surface area contributed by atoms with Gasteiger partial charge < -0.3 is 10.6 Å². The molecule has 0 amide bonds. The molecule has 4 nitrogen and oxygen atoms in total. The summed E-state index contributed by atoms with van der Waals surface area (Å²) < 4.78 is 12.2. The average molecular weight is 390 g/mol. The molecule has 0 saturated carbocycles. The summed E-state index contributed by atoms with van der Waals surface area (Å²) in [5.41, 5.74) is 1.11. The van der Waals surface area contributed by atoms with Crippen LogP contribution in [-0.2, 0) is 16.6 Å². The zero-order valence-corrected chi connectivity index (χ0v) is 17.0. The molecule has 2 aromatic rings. The topological polar surface area (TPSA) is 53.5 Å². The highest BCUT2D eigenvalue weighted by Gasteiger charge is 2.06. The maximum Gasteiger partial charge on any atom is 0.191 e. The molecule has 0 spiro atoms. The first-order valence-corrected chi connectivity index (χ1v) is 11.1. The van der Waals surface area contributed by atoms with Gasteiger partial charge in [-0.3, -0.25) is 9.20 Å². The zero-order valence-electron chi connectivity index (χ0n) is 15.4. The van der Waals surface area contributed by atoms with E-state index in [-0.39, 0.29) is 0 Å². The lowest BCUT2D eigenvalue weighted by atomic mass is 10.2. The molecular weight excluding hydrogens is 362 g/mol. The minimum Gasteiger partial charge on any atom is -0.355 e. The fourth-order valence-corrected chi connectivity index (χ4v) is 4.33. The molecule has 140 valence electrons. The molecule has 26 heavy (non-hydrogen) atoms. The van der Waals surface area contributed by atoms with Crippen molar-refractivity contribution in [2.45, 2.75) is 22.8 Å². The van der Waals surface area contributed by atoms with Crippen molar-refractivity contribution in [2.24, 2.45) is 4.99 Å². The summed E-state index contributed by atoms with van der Waals surface area (Å²) in [5, 5.41) is 6.99. The fourth-order valence-electron chi connectivity index (χ4n) is 2.35. The van der Waals surface area contributed by atoms with Crippen molar-refractivity contribution in [2.75, 3.05) is 25.9 Å². The normalized spacial score (nSPS) is 13.8. The smallest absolute Gasteiger partial charge is 0.191 e. The second-order valence-electron chi connectivity index (χ2n) is 5.90. The second-order valence-corrected chi connectivity index (χ2v) is 8.98. The van der Waals surface area contributed by atoms with Crippen LogP contribution in [0.25, 0.3) is 0 Å². The zero-order chi connectivity index (χ0) is 18.6. The van der Waals surface area contributed by atoms with Crippen molar-refractivity contribution in [3.05, 3.63) is 66.2 Å². The first kappa shape index (κ1) is 20.5. The van der Waals surface area contributed by atoms with Crippen LogP contribution in [0.2, 0.25) is 0 Å². The minimum absolute atomic E-state index is 0.420. The van der Waals surface area contributed by atoms with E-state index in [0.717, 1.165) is 18.1 Å². The van der Waals surface area contributed by atoms with Gasteiger partial charge in [-0.25, -0.2) is 0 Å². The lowest BCUT2D eigenvalue weighted by Gasteiger charge is -2.16. The number of rotatable bonds is 9. The Labute approximate surface area is 163 Å². The Bertz CT molecular complexity index is 693. The van der Waals surface area contributed by atoms with E-state index >= 15 is 0 Å². The van der Waals surface area contributed by atoms with Gasteiger partial charge in [0.2, 0.25) is 0 Å². The molecule has 0 radical (unpaired) electrons. The Hall–Kier alpha value is -1.79. The second kappa shape index (κ2) is 11.8. The van der Waals surface area contributed by atoms with Gasteiger partial charge in [-0.1, -0.05) is 55.5 Å². The third kappa shape index (κ3) is 8.06. The molecular formula is C20H27N3OS2. The Morgan fingerprint density at radius 1 is 1.08 bits per heavy atom. The quantitative estimate of drug-likeness (QED) is 0.393. The van der Waals surface area contributed by atoms with Crippen LogP contribution in [-0.4, -0.2) is 41.3 Å². The summed E-state index contributed by atoms with van der Waals surface area (Å²) in [5.74, 6) is 1.95. The summed E-state index contributed by atoms with van der Waals surface area (Å²) in [4.78, 5) is 5.50. The summed E-state index contributed by atoms with van der Waals surface area (Å²) in [7, 11) is 0.877. The van der Waals surface area contributed by atoms with Crippen LogP contribution in [0, 0.1) is 0 Å². The Morgan fingerprint density at radius 2 is 1.73 bits per heavy atom. The van der Waals surface area contributed by atoms with Crippen LogP contribution < -0.4 is 10.6 Å². The van der Waals surface area contributed by atoms with Gasteiger partial charge in [0.25, 0.3) is 0 Å². The van der Waals surface area contributed by atoms with Gasteiger partial charge in [0.05, 0.1) is 0 Å². The van der Waals surface area contributed by atoms with Gasteiger partial charge in [0.1, 0.15) is 0 Å². The largest absolute Gasteiger partial charge is 0.355 e. The maximum absolute atomic E-state index is 12.2. The number of guanidine groups is 1. The molecule has 0 fully saturated rings. The third-order valence-electron chi connectivity index (χ3n) is 3.65. The van der Waals surface area contributed by atoms with Crippen LogP contribution in [0.5, 0.6) is 0 Å². The predicted molar refractivity (Wildman–Crippen MR) is 114 cm³/mol. The number of nitrogens with one attached hydrogen (secondary N) is 2. The monoisotopic (exact) mass is 389 g/mol. The highest BCUT2D eigenvalue weighted by Crippen LogP contribution is 2.21. The summed E-state index contributed by atoms with van der Waals surface area (Å²) in [6.45, 7) is 3.64. The van der Waals surface area contributed by atoms with Crippen molar-refractivity contribution in [1.82, 2.24) is 10.6 Å². The molecule has 0 bridgehead atoms. The van der Waals surface area contributed by atoms with E-state index in [0.29, 0.717) is 23.3 Å². The lowest BCUT2D eigenvalue weighted by Crippen LogP contribution is -2.41. The van der Waals surface area contributed by atoms with Gasteiger partial charge in [-0.15, -0.1) is 11.8 Å². The van der Waals surface area contributed by atoms with E-state index < -0.39 is 10.8 Å². The van der Waals surface area contributed by atoms with Crippen LogP contribution >= 0.6 is 11.8 Å². The third-order valence-corrected chi connectivity index (χ3v) is 6.08. The molecule has 2 unspecified atom stereocenters. The molecule has 2 rings (SSSR count). The molecule has 0 aliphatic rings. The first-order chi connectivity index (χ1) is 12.7. The SMILES string of the molecule is CN=C(NCCS(=O)Cc1ccccc1)NCC(C)Sc1ccccc1. The lowest BCUT2D eigenvalue weighted by molar-refractivity contribution is 0.680. The summed E-state index contributed by atoms with van der Waals surface area (Å²) >= 11 is 1.83. The number of hydrogen-bond acceptors (Lipinski definition) is 3. The standard InChI is InChI=1S/C20H27N3OS2/c1-17(25-19-11-7-4-8-12-19)15-23-20(21-2)22-13-14-26(24)16-18-9-5-3-6-10-18/h3-12,17H,13-16H2,1-2H3,(H2,21,22,23). The Morgan fingerprint density at radius 3 is 2.38 bits per heavy atom. The number of aliphatic imine (C=N–C) groups is 1. The number of benzene rings is 2. The molecule has 0 saturated heterocycles. The van der Waals surface area contributed by atoms with Gasteiger partial charge >= 0.3 is 0 Å². The van der Waals surface area contributed by atoms with Crippen molar-refractivity contribution in [3.63, 3.8) is 0 Å².